The highest BCUT2D eigenvalue weighted by molar-refractivity contribution is 7.16. The van der Waals surface area contributed by atoms with Gasteiger partial charge in [0.15, 0.2) is 0 Å². The SMILES string of the molecule is CC(CN1CCNCC1)c1ccc2ncsc2c1. The average molecular weight is 261 g/mol. The van der Waals surface area contributed by atoms with Gasteiger partial charge in [0.2, 0.25) is 0 Å². The summed E-state index contributed by atoms with van der Waals surface area (Å²) in [5.41, 5.74) is 4.48. The second kappa shape index (κ2) is 5.34. The molecule has 2 aromatic rings. The van der Waals surface area contributed by atoms with Crippen molar-refractivity contribution in [3.05, 3.63) is 29.3 Å². The first kappa shape index (κ1) is 12.1. The van der Waals surface area contributed by atoms with E-state index in [2.05, 4.69) is 40.3 Å². The number of rotatable bonds is 3. The molecular weight excluding hydrogens is 242 g/mol. The van der Waals surface area contributed by atoms with Crippen LogP contribution in [-0.2, 0) is 0 Å². The van der Waals surface area contributed by atoms with Crippen LogP contribution in [0.25, 0.3) is 10.2 Å². The Morgan fingerprint density at radius 2 is 2.22 bits per heavy atom. The third kappa shape index (κ3) is 2.55. The van der Waals surface area contributed by atoms with Gasteiger partial charge in [-0.05, 0) is 23.6 Å². The molecule has 0 spiro atoms. The van der Waals surface area contributed by atoms with Gasteiger partial charge in [0, 0.05) is 32.7 Å². The Kier molecular flexibility index (Phi) is 3.59. The maximum Gasteiger partial charge on any atom is 0.0812 e. The Hall–Kier alpha value is -0.970. The predicted octanol–water partition coefficient (Wildman–Crippen LogP) is 2.30. The van der Waals surface area contributed by atoms with Crippen LogP contribution in [0.3, 0.4) is 0 Å². The third-order valence-corrected chi connectivity index (χ3v) is 4.46. The summed E-state index contributed by atoms with van der Waals surface area (Å²) in [6, 6.07) is 6.68. The number of nitrogens with one attached hydrogen (secondary N) is 1. The van der Waals surface area contributed by atoms with E-state index < -0.39 is 0 Å². The van der Waals surface area contributed by atoms with Crippen LogP contribution in [0.2, 0.25) is 0 Å². The third-order valence-electron chi connectivity index (χ3n) is 3.67. The van der Waals surface area contributed by atoms with Crippen molar-refractivity contribution in [2.24, 2.45) is 0 Å². The van der Waals surface area contributed by atoms with Gasteiger partial charge in [-0.2, -0.15) is 0 Å². The molecule has 1 aliphatic rings. The van der Waals surface area contributed by atoms with E-state index >= 15 is 0 Å². The first-order chi connectivity index (χ1) is 8.83. The lowest BCUT2D eigenvalue weighted by Crippen LogP contribution is -2.44. The molecule has 3 nitrogen and oxygen atoms in total. The lowest BCUT2D eigenvalue weighted by atomic mass is 10.0. The molecule has 1 saturated heterocycles. The molecular formula is C14H19N3S. The van der Waals surface area contributed by atoms with Crippen LogP contribution in [0.15, 0.2) is 23.7 Å². The fraction of sp³-hybridized carbons (Fsp3) is 0.500. The molecule has 96 valence electrons. The second-order valence-corrected chi connectivity index (χ2v) is 5.92. The predicted molar refractivity (Wildman–Crippen MR) is 77.3 cm³/mol. The highest BCUT2D eigenvalue weighted by atomic mass is 32.1. The average Bonchev–Trinajstić information content (AvgIpc) is 2.87. The molecule has 4 heteroatoms. The molecule has 0 saturated carbocycles. The van der Waals surface area contributed by atoms with Gasteiger partial charge >= 0.3 is 0 Å². The molecule has 0 aliphatic carbocycles. The van der Waals surface area contributed by atoms with Crippen LogP contribution in [-0.4, -0.2) is 42.6 Å². The molecule has 3 rings (SSSR count). The van der Waals surface area contributed by atoms with E-state index in [-0.39, 0.29) is 0 Å². The normalized spacial score (nSPS) is 19.2. The zero-order chi connectivity index (χ0) is 12.4. The summed E-state index contributed by atoms with van der Waals surface area (Å²) in [5.74, 6) is 0.592. The van der Waals surface area contributed by atoms with Crippen LogP contribution in [0.4, 0.5) is 0 Å². The van der Waals surface area contributed by atoms with E-state index in [1.165, 1.54) is 23.4 Å². The fourth-order valence-corrected chi connectivity index (χ4v) is 3.29. The summed E-state index contributed by atoms with van der Waals surface area (Å²) in [7, 11) is 0. The smallest absolute Gasteiger partial charge is 0.0812 e. The number of hydrogen-bond acceptors (Lipinski definition) is 4. The number of piperazine rings is 1. The molecule has 0 amide bonds. The monoisotopic (exact) mass is 261 g/mol. The van der Waals surface area contributed by atoms with Crippen molar-refractivity contribution < 1.29 is 0 Å². The topological polar surface area (TPSA) is 28.2 Å². The Labute approximate surface area is 112 Å². The van der Waals surface area contributed by atoms with E-state index in [0.29, 0.717) is 5.92 Å². The van der Waals surface area contributed by atoms with Gasteiger partial charge in [-0.1, -0.05) is 13.0 Å². The van der Waals surface area contributed by atoms with E-state index in [1.54, 1.807) is 11.3 Å². The van der Waals surface area contributed by atoms with Gasteiger partial charge in [0.1, 0.15) is 0 Å². The number of aromatic nitrogens is 1. The van der Waals surface area contributed by atoms with E-state index in [1.807, 2.05) is 5.51 Å². The van der Waals surface area contributed by atoms with E-state index in [0.717, 1.165) is 25.2 Å². The van der Waals surface area contributed by atoms with Crippen LogP contribution < -0.4 is 5.32 Å². The number of nitrogens with zero attached hydrogens (tertiary/aromatic N) is 2. The molecule has 1 aromatic heterocycles. The summed E-state index contributed by atoms with van der Waals surface area (Å²) in [4.78, 5) is 6.89. The number of fused-ring (bicyclic) bond motifs is 1. The highest BCUT2D eigenvalue weighted by Crippen LogP contribution is 2.24. The second-order valence-electron chi connectivity index (χ2n) is 5.03. The molecule has 1 aliphatic heterocycles. The molecule has 2 heterocycles. The molecule has 1 aromatic carbocycles. The molecule has 0 radical (unpaired) electrons. The number of thiazole rings is 1. The maximum atomic E-state index is 4.33. The largest absolute Gasteiger partial charge is 0.314 e. The van der Waals surface area contributed by atoms with Crippen LogP contribution in [0.5, 0.6) is 0 Å². The van der Waals surface area contributed by atoms with Crippen molar-refractivity contribution in [3.8, 4) is 0 Å². The summed E-state index contributed by atoms with van der Waals surface area (Å²) >= 11 is 1.73. The van der Waals surface area contributed by atoms with Gasteiger partial charge in [-0.25, -0.2) is 4.98 Å². The summed E-state index contributed by atoms with van der Waals surface area (Å²) in [6.45, 7) is 8.08. The molecule has 0 bridgehead atoms. The van der Waals surface area contributed by atoms with Gasteiger partial charge in [0.25, 0.3) is 0 Å². The minimum atomic E-state index is 0.592. The minimum Gasteiger partial charge on any atom is -0.314 e. The van der Waals surface area contributed by atoms with Crippen molar-refractivity contribution in [1.29, 1.82) is 0 Å². The Bertz CT molecular complexity index is 516. The number of benzene rings is 1. The molecule has 1 fully saturated rings. The Morgan fingerprint density at radius 1 is 1.39 bits per heavy atom. The molecule has 1 atom stereocenters. The van der Waals surface area contributed by atoms with Gasteiger partial charge in [-0.3, -0.25) is 0 Å². The zero-order valence-corrected chi connectivity index (χ0v) is 11.5. The lowest BCUT2D eigenvalue weighted by Gasteiger charge is -2.29. The first-order valence-corrected chi connectivity index (χ1v) is 7.47. The molecule has 1 unspecified atom stereocenters. The maximum absolute atomic E-state index is 4.33. The van der Waals surface area contributed by atoms with Crippen LogP contribution >= 0.6 is 11.3 Å². The minimum absolute atomic E-state index is 0.592. The summed E-state index contributed by atoms with van der Waals surface area (Å²) < 4.78 is 1.31. The van der Waals surface area contributed by atoms with Crippen molar-refractivity contribution in [2.75, 3.05) is 32.7 Å². The standard InChI is InChI=1S/C14H19N3S/c1-11(9-17-6-4-15-5-7-17)12-2-3-13-14(8-12)18-10-16-13/h2-3,8,10-11,15H,4-7,9H2,1H3. The quantitative estimate of drug-likeness (QED) is 0.919. The van der Waals surface area contributed by atoms with Crippen molar-refractivity contribution >= 4 is 21.6 Å². The van der Waals surface area contributed by atoms with Crippen molar-refractivity contribution in [1.82, 2.24) is 15.2 Å². The van der Waals surface area contributed by atoms with Gasteiger partial charge in [-0.15, -0.1) is 11.3 Å². The van der Waals surface area contributed by atoms with Gasteiger partial charge < -0.3 is 10.2 Å². The molecule has 1 N–H and O–H groups in total. The van der Waals surface area contributed by atoms with Crippen LogP contribution in [0.1, 0.15) is 18.4 Å². The Morgan fingerprint density at radius 3 is 3.06 bits per heavy atom. The first-order valence-electron chi connectivity index (χ1n) is 6.59. The summed E-state index contributed by atoms with van der Waals surface area (Å²) in [5, 5.41) is 3.40. The highest BCUT2D eigenvalue weighted by Gasteiger charge is 2.14. The van der Waals surface area contributed by atoms with Gasteiger partial charge in [0.05, 0.1) is 15.7 Å². The summed E-state index contributed by atoms with van der Waals surface area (Å²) in [6.07, 6.45) is 0. The number of hydrogen-bond donors (Lipinski definition) is 1. The van der Waals surface area contributed by atoms with Crippen LogP contribution in [0, 0.1) is 0 Å². The van der Waals surface area contributed by atoms with E-state index in [9.17, 15) is 0 Å². The molecule has 18 heavy (non-hydrogen) atoms. The Balaban J connectivity index is 1.72. The fourth-order valence-electron chi connectivity index (χ4n) is 2.56. The van der Waals surface area contributed by atoms with Crippen molar-refractivity contribution in [2.45, 2.75) is 12.8 Å². The zero-order valence-electron chi connectivity index (χ0n) is 10.7. The van der Waals surface area contributed by atoms with Crippen molar-refractivity contribution in [3.63, 3.8) is 0 Å². The lowest BCUT2D eigenvalue weighted by molar-refractivity contribution is 0.230. The van der Waals surface area contributed by atoms with E-state index in [4.69, 9.17) is 0 Å².